The number of non-ortho nitro benzene ring substituents is 1. The van der Waals surface area contributed by atoms with Gasteiger partial charge in [-0.05, 0) is 49.1 Å². The fourth-order valence-electron chi connectivity index (χ4n) is 3.43. The van der Waals surface area contributed by atoms with Crippen LogP contribution in [0.2, 0.25) is 0 Å². The monoisotopic (exact) mass is 477 g/mol. The predicted molar refractivity (Wildman–Crippen MR) is 127 cm³/mol. The van der Waals surface area contributed by atoms with E-state index in [0.29, 0.717) is 17.3 Å². The largest absolute Gasteiger partial charge is 0.467 e. The summed E-state index contributed by atoms with van der Waals surface area (Å²) in [6, 6.07) is 12.5. The summed E-state index contributed by atoms with van der Waals surface area (Å²) in [7, 11) is 1.49. The molecule has 0 saturated carbocycles. The minimum Gasteiger partial charge on any atom is -0.467 e. The Balaban J connectivity index is 1.42. The third-order valence-electron chi connectivity index (χ3n) is 5.19. The fourth-order valence-corrected chi connectivity index (χ4v) is 3.43. The Labute approximate surface area is 200 Å². The number of nitrogens with one attached hydrogen (secondary N) is 1. The Morgan fingerprint density at radius 1 is 1.09 bits per heavy atom. The van der Waals surface area contributed by atoms with Crippen LogP contribution in [0.4, 0.5) is 11.6 Å². The zero-order valence-electron chi connectivity index (χ0n) is 19.0. The van der Waals surface area contributed by atoms with E-state index in [0.717, 1.165) is 25.9 Å². The van der Waals surface area contributed by atoms with Crippen molar-refractivity contribution in [2.24, 2.45) is 5.10 Å². The van der Waals surface area contributed by atoms with Gasteiger partial charge in [0.25, 0.3) is 11.6 Å². The molecular formula is C23H23N7O5. The topological polar surface area (TPSA) is 145 Å². The van der Waals surface area contributed by atoms with Gasteiger partial charge in [0.2, 0.25) is 5.95 Å². The van der Waals surface area contributed by atoms with Gasteiger partial charge in [-0.15, -0.1) is 4.98 Å². The molecule has 180 valence electrons. The minimum atomic E-state index is -0.531. The number of nitro benzene ring substituents is 1. The van der Waals surface area contributed by atoms with E-state index < -0.39 is 10.8 Å². The lowest BCUT2D eigenvalue weighted by atomic mass is 10.1. The van der Waals surface area contributed by atoms with Crippen LogP contribution in [-0.2, 0) is 0 Å². The van der Waals surface area contributed by atoms with E-state index >= 15 is 0 Å². The summed E-state index contributed by atoms with van der Waals surface area (Å²) in [4.78, 5) is 37.4. The molecule has 0 spiro atoms. The van der Waals surface area contributed by atoms with Crippen LogP contribution in [0.1, 0.15) is 35.2 Å². The quantitative estimate of drug-likeness (QED) is 0.293. The highest BCUT2D eigenvalue weighted by Gasteiger charge is 2.17. The fraction of sp³-hybridized carbons (Fsp3) is 0.261. The highest BCUT2D eigenvalue weighted by Crippen LogP contribution is 2.24. The van der Waals surface area contributed by atoms with Crippen molar-refractivity contribution < 1.29 is 19.2 Å². The minimum absolute atomic E-state index is 0.0966. The Bertz CT molecular complexity index is 1230. The average Bonchev–Trinajstić information content (AvgIpc) is 2.89. The molecule has 3 aromatic rings. The number of nitrogens with zero attached hydrogens (tertiary/aromatic N) is 6. The first-order valence-electron chi connectivity index (χ1n) is 10.9. The van der Waals surface area contributed by atoms with E-state index in [2.05, 4.69) is 30.4 Å². The van der Waals surface area contributed by atoms with E-state index in [-0.39, 0.29) is 23.3 Å². The summed E-state index contributed by atoms with van der Waals surface area (Å²) >= 11 is 0. The maximum Gasteiger partial charge on any atom is 0.330 e. The molecule has 2 heterocycles. The normalized spacial score (nSPS) is 13.5. The van der Waals surface area contributed by atoms with Gasteiger partial charge in [0.1, 0.15) is 5.75 Å². The number of hydrazone groups is 1. The van der Waals surface area contributed by atoms with Crippen LogP contribution in [0.15, 0.2) is 53.6 Å². The second-order valence-corrected chi connectivity index (χ2v) is 7.63. The van der Waals surface area contributed by atoms with Gasteiger partial charge in [-0.2, -0.15) is 15.1 Å². The SMILES string of the molecule is COc1nc(Oc2cccc(/C=N\NC(=O)c3ccc([N+](=O)[O-])cc3)c2)nc(N2CCCCC2)n1. The summed E-state index contributed by atoms with van der Waals surface area (Å²) in [6.45, 7) is 1.73. The zero-order valence-corrected chi connectivity index (χ0v) is 19.0. The Hall–Kier alpha value is -4.61. The van der Waals surface area contributed by atoms with Gasteiger partial charge in [0.15, 0.2) is 0 Å². The van der Waals surface area contributed by atoms with Crippen molar-refractivity contribution in [3.05, 3.63) is 69.8 Å². The van der Waals surface area contributed by atoms with E-state index in [1.165, 1.54) is 44.0 Å². The van der Waals surface area contributed by atoms with Crippen LogP contribution >= 0.6 is 0 Å². The molecule has 1 fully saturated rings. The van der Waals surface area contributed by atoms with Crippen molar-refractivity contribution in [1.82, 2.24) is 20.4 Å². The van der Waals surface area contributed by atoms with Crippen molar-refractivity contribution in [3.63, 3.8) is 0 Å². The lowest BCUT2D eigenvalue weighted by Crippen LogP contribution is -2.31. The molecule has 4 rings (SSSR count). The number of rotatable bonds is 8. The Morgan fingerprint density at radius 3 is 2.54 bits per heavy atom. The number of nitro groups is 1. The van der Waals surface area contributed by atoms with Gasteiger partial charge < -0.3 is 14.4 Å². The number of piperidine rings is 1. The molecule has 0 aliphatic carbocycles. The maximum absolute atomic E-state index is 12.2. The van der Waals surface area contributed by atoms with Crippen LogP contribution in [0, 0.1) is 10.1 Å². The molecule has 1 amide bonds. The zero-order chi connectivity index (χ0) is 24.6. The predicted octanol–water partition coefficient (Wildman–Crippen LogP) is 3.33. The van der Waals surface area contributed by atoms with Crippen molar-refractivity contribution in [3.8, 4) is 17.8 Å². The van der Waals surface area contributed by atoms with E-state index in [1.807, 2.05) is 0 Å². The van der Waals surface area contributed by atoms with Crippen molar-refractivity contribution in [2.75, 3.05) is 25.1 Å². The molecule has 1 N–H and O–H groups in total. The molecule has 1 aromatic heterocycles. The number of hydrogen-bond acceptors (Lipinski definition) is 10. The van der Waals surface area contributed by atoms with E-state index in [9.17, 15) is 14.9 Å². The van der Waals surface area contributed by atoms with Crippen LogP contribution in [0.25, 0.3) is 0 Å². The van der Waals surface area contributed by atoms with Gasteiger partial charge in [0.05, 0.1) is 18.2 Å². The Kier molecular flexibility index (Phi) is 7.40. The number of hydrogen-bond donors (Lipinski definition) is 1. The third-order valence-corrected chi connectivity index (χ3v) is 5.19. The molecule has 2 aromatic carbocycles. The molecule has 0 atom stereocenters. The lowest BCUT2D eigenvalue weighted by molar-refractivity contribution is -0.384. The number of carbonyl (C=O) groups excluding carboxylic acids is 1. The summed E-state index contributed by atoms with van der Waals surface area (Å²) in [6.07, 6.45) is 4.78. The van der Waals surface area contributed by atoms with Crippen LogP contribution in [-0.4, -0.2) is 52.2 Å². The number of carbonyl (C=O) groups is 1. The maximum atomic E-state index is 12.2. The average molecular weight is 477 g/mol. The molecule has 12 nitrogen and oxygen atoms in total. The lowest BCUT2D eigenvalue weighted by Gasteiger charge is -2.26. The highest BCUT2D eigenvalue weighted by molar-refractivity contribution is 5.95. The number of aromatic nitrogens is 3. The van der Waals surface area contributed by atoms with Crippen molar-refractivity contribution in [1.29, 1.82) is 0 Å². The van der Waals surface area contributed by atoms with Crippen LogP contribution in [0.3, 0.4) is 0 Å². The number of ether oxygens (including phenoxy) is 2. The smallest absolute Gasteiger partial charge is 0.330 e. The molecule has 1 aliphatic heterocycles. The number of anilines is 1. The van der Waals surface area contributed by atoms with Gasteiger partial charge >= 0.3 is 12.0 Å². The van der Waals surface area contributed by atoms with Gasteiger partial charge in [-0.3, -0.25) is 14.9 Å². The van der Waals surface area contributed by atoms with Crippen molar-refractivity contribution in [2.45, 2.75) is 19.3 Å². The summed E-state index contributed by atoms with van der Waals surface area (Å²) in [5.74, 6) is 0.484. The molecule has 35 heavy (non-hydrogen) atoms. The third kappa shape index (κ3) is 6.25. The van der Waals surface area contributed by atoms with Gasteiger partial charge in [-0.25, -0.2) is 5.43 Å². The standard InChI is InChI=1S/C23H23N7O5/c1-34-22-25-21(29-12-3-2-4-13-29)26-23(27-22)35-19-7-5-6-16(14-19)15-24-28-20(31)17-8-10-18(11-9-17)30(32)33/h5-11,14-15H,2-4,12-13H2,1H3,(H,28,31)/b24-15-. The van der Waals surface area contributed by atoms with Crippen LogP contribution < -0.4 is 19.8 Å². The van der Waals surface area contributed by atoms with Gasteiger partial charge in [-0.1, -0.05) is 12.1 Å². The molecule has 0 bridgehead atoms. The second-order valence-electron chi connectivity index (χ2n) is 7.63. The molecule has 1 aliphatic rings. The first kappa shape index (κ1) is 23.5. The molecule has 1 saturated heterocycles. The first-order valence-corrected chi connectivity index (χ1v) is 10.9. The highest BCUT2D eigenvalue weighted by atomic mass is 16.6. The molecule has 0 unspecified atom stereocenters. The van der Waals surface area contributed by atoms with Crippen LogP contribution in [0.5, 0.6) is 17.8 Å². The second kappa shape index (κ2) is 11.0. The van der Waals surface area contributed by atoms with Crippen molar-refractivity contribution >= 4 is 23.8 Å². The van der Waals surface area contributed by atoms with E-state index in [4.69, 9.17) is 9.47 Å². The number of amides is 1. The first-order chi connectivity index (χ1) is 17.0. The summed E-state index contributed by atoms with van der Waals surface area (Å²) < 4.78 is 11.1. The summed E-state index contributed by atoms with van der Waals surface area (Å²) in [5, 5.41) is 14.7. The van der Waals surface area contributed by atoms with Gasteiger partial charge in [0, 0.05) is 30.8 Å². The number of methoxy groups -OCH3 is 1. The summed E-state index contributed by atoms with van der Waals surface area (Å²) in [5.41, 5.74) is 3.20. The molecule has 12 heteroatoms. The van der Waals surface area contributed by atoms with E-state index in [1.54, 1.807) is 24.3 Å². The Morgan fingerprint density at radius 2 is 1.83 bits per heavy atom. The molecular weight excluding hydrogens is 454 g/mol. The molecule has 0 radical (unpaired) electrons. The number of benzene rings is 2.